The molecule has 2 aliphatic carbocycles. The van der Waals surface area contributed by atoms with E-state index in [9.17, 15) is 9.59 Å². The van der Waals surface area contributed by atoms with Gasteiger partial charge in [-0.05, 0) is 45.6 Å². The molecule has 2 amide bonds. The van der Waals surface area contributed by atoms with Crippen molar-refractivity contribution in [1.29, 1.82) is 0 Å². The molecule has 0 aromatic rings. The molecule has 0 aromatic heterocycles. The quantitative estimate of drug-likeness (QED) is 0.623. The first-order valence-electron chi connectivity index (χ1n) is 8.67. The van der Waals surface area contributed by atoms with Crippen LogP contribution in [0.1, 0.15) is 46.0 Å². The number of carboxylic acid groups (broad SMARTS) is 1. The van der Waals surface area contributed by atoms with Gasteiger partial charge >= 0.3 is 12.0 Å². The van der Waals surface area contributed by atoms with Crippen LogP contribution in [0.15, 0.2) is 0 Å². The van der Waals surface area contributed by atoms with E-state index in [1.165, 1.54) is 0 Å². The van der Waals surface area contributed by atoms with Crippen molar-refractivity contribution < 1.29 is 19.4 Å². The van der Waals surface area contributed by atoms with E-state index in [2.05, 4.69) is 10.6 Å². The molecule has 2 rings (SSSR count). The van der Waals surface area contributed by atoms with Gasteiger partial charge in [0.2, 0.25) is 0 Å². The molecule has 2 saturated carbocycles. The zero-order valence-corrected chi connectivity index (χ0v) is 14.1. The Morgan fingerprint density at radius 1 is 1.22 bits per heavy atom. The van der Waals surface area contributed by atoms with Gasteiger partial charge in [0.1, 0.15) is 0 Å². The molecular weight excluding hydrogens is 298 g/mol. The maximum Gasteiger partial charge on any atom is 0.317 e. The first kappa shape index (κ1) is 18.0. The summed E-state index contributed by atoms with van der Waals surface area (Å²) in [5.74, 6) is -0.802. The van der Waals surface area contributed by atoms with Gasteiger partial charge in [-0.2, -0.15) is 0 Å². The highest BCUT2D eigenvalue weighted by molar-refractivity contribution is 5.75. The summed E-state index contributed by atoms with van der Waals surface area (Å²) in [6.07, 6.45) is 4.81. The smallest absolute Gasteiger partial charge is 0.317 e. The molecular formula is C16H29N3O4. The van der Waals surface area contributed by atoms with E-state index in [-0.39, 0.29) is 36.8 Å². The van der Waals surface area contributed by atoms with Crippen LogP contribution in [-0.4, -0.2) is 65.9 Å². The Kier molecular flexibility index (Phi) is 6.65. The van der Waals surface area contributed by atoms with Crippen LogP contribution in [0.4, 0.5) is 4.79 Å². The molecule has 2 fully saturated rings. The van der Waals surface area contributed by atoms with Crippen LogP contribution in [0.3, 0.4) is 0 Å². The minimum Gasteiger partial charge on any atom is -0.480 e. The minimum absolute atomic E-state index is 0.0677. The van der Waals surface area contributed by atoms with Gasteiger partial charge in [-0.1, -0.05) is 6.92 Å². The van der Waals surface area contributed by atoms with Crippen molar-refractivity contribution in [2.24, 2.45) is 0 Å². The van der Waals surface area contributed by atoms with Gasteiger partial charge in [0, 0.05) is 18.7 Å². The number of hydrogen-bond donors (Lipinski definition) is 3. The predicted molar refractivity (Wildman–Crippen MR) is 86.4 cm³/mol. The summed E-state index contributed by atoms with van der Waals surface area (Å²) in [6, 6.07) is 0.357. The Hall–Kier alpha value is -1.34. The number of carboxylic acids is 1. The van der Waals surface area contributed by atoms with E-state index in [1.54, 1.807) is 0 Å². The Morgan fingerprint density at radius 3 is 2.57 bits per heavy atom. The van der Waals surface area contributed by atoms with Gasteiger partial charge in [-0.25, -0.2) is 4.79 Å². The number of rotatable bonds is 8. The summed E-state index contributed by atoms with van der Waals surface area (Å²) in [4.78, 5) is 24.9. The van der Waals surface area contributed by atoms with Crippen molar-refractivity contribution in [3.8, 4) is 0 Å². The fourth-order valence-corrected chi connectivity index (χ4v) is 3.58. The minimum atomic E-state index is -0.802. The number of hydrogen-bond acceptors (Lipinski definition) is 4. The molecule has 2 atom stereocenters. The van der Waals surface area contributed by atoms with E-state index in [1.807, 2.05) is 18.7 Å². The molecule has 7 heteroatoms. The van der Waals surface area contributed by atoms with E-state index < -0.39 is 5.97 Å². The second-order valence-corrected chi connectivity index (χ2v) is 6.43. The third kappa shape index (κ3) is 5.07. The second-order valence-electron chi connectivity index (χ2n) is 6.43. The van der Waals surface area contributed by atoms with E-state index >= 15 is 0 Å². The number of nitrogens with one attached hydrogen (secondary N) is 2. The van der Waals surface area contributed by atoms with Crippen LogP contribution in [-0.2, 0) is 9.53 Å². The Morgan fingerprint density at radius 2 is 1.96 bits per heavy atom. The predicted octanol–water partition coefficient (Wildman–Crippen LogP) is 1.18. The van der Waals surface area contributed by atoms with Gasteiger partial charge in [0.25, 0.3) is 0 Å². The summed E-state index contributed by atoms with van der Waals surface area (Å²) in [6.45, 7) is 5.39. The average Bonchev–Trinajstić information content (AvgIpc) is 2.87. The van der Waals surface area contributed by atoms with Crippen LogP contribution in [0, 0.1) is 0 Å². The molecule has 0 heterocycles. The fraction of sp³-hybridized carbons (Fsp3) is 0.875. The van der Waals surface area contributed by atoms with Crippen molar-refractivity contribution in [3.63, 3.8) is 0 Å². The van der Waals surface area contributed by atoms with Gasteiger partial charge in [-0.15, -0.1) is 0 Å². The van der Waals surface area contributed by atoms with Crippen molar-refractivity contribution in [3.05, 3.63) is 0 Å². The molecule has 0 radical (unpaired) electrons. The summed E-state index contributed by atoms with van der Waals surface area (Å²) in [7, 11) is 0. The van der Waals surface area contributed by atoms with Gasteiger partial charge in [-0.3, -0.25) is 9.69 Å². The van der Waals surface area contributed by atoms with Crippen molar-refractivity contribution >= 4 is 12.0 Å². The van der Waals surface area contributed by atoms with Crippen LogP contribution >= 0.6 is 0 Å². The van der Waals surface area contributed by atoms with E-state index in [0.717, 1.165) is 32.1 Å². The number of carbonyl (C=O) groups is 2. The van der Waals surface area contributed by atoms with Gasteiger partial charge in [0.15, 0.2) is 0 Å². The highest BCUT2D eigenvalue weighted by Crippen LogP contribution is 2.26. The van der Waals surface area contributed by atoms with Gasteiger partial charge < -0.3 is 20.5 Å². The molecule has 23 heavy (non-hydrogen) atoms. The number of nitrogens with zero attached hydrogens (tertiary/aromatic N) is 1. The first-order chi connectivity index (χ1) is 11.0. The lowest BCUT2D eigenvalue weighted by atomic mass is 9.85. The third-order valence-corrected chi connectivity index (χ3v) is 4.86. The molecule has 2 aliphatic rings. The number of likely N-dealkylation sites (N-methyl/N-ethyl adjacent to an activating group) is 1. The highest BCUT2D eigenvalue weighted by atomic mass is 16.5. The molecule has 132 valence electrons. The molecule has 0 unspecified atom stereocenters. The lowest BCUT2D eigenvalue weighted by molar-refractivity contribution is -0.139. The fourth-order valence-electron chi connectivity index (χ4n) is 3.58. The number of ether oxygens (including phenoxy) is 1. The largest absolute Gasteiger partial charge is 0.480 e. The van der Waals surface area contributed by atoms with Crippen LogP contribution in [0.25, 0.3) is 0 Å². The zero-order valence-electron chi connectivity index (χ0n) is 14.1. The molecule has 0 saturated heterocycles. The third-order valence-electron chi connectivity index (χ3n) is 4.86. The lowest BCUT2D eigenvalue weighted by Crippen LogP contribution is -2.57. The Bertz CT molecular complexity index is 412. The van der Waals surface area contributed by atoms with E-state index in [4.69, 9.17) is 9.84 Å². The number of aliphatic carboxylic acids is 1. The molecule has 0 aromatic carbocycles. The zero-order chi connectivity index (χ0) is 16.8. The van der Waals surface area contributed by atoms with Crippen LogP contribution in [0.5, 0.6) is 0 Å². The topological polar surface area (TPSA) is 90.9 Å². The molecule has 0 aliphatic heterocycles. The second kappa shape index (κ2) is 8.49. The monoisotopic (exact) mass is 327 g/mol. The molecule has 0 bridgehead atoms. The van der Waals surface area contributed by atoms with Crippen LogP contribution in [0.2, 0.25) is 0 Å². The molecule has 3 N–H and O–H groups in total. The number of amides is 2. The average molecular weight is 327 g/mol. The Labute approximate surface area is 137 Å². The summed E-state index contributed by atoms with van der Waals surface area (Å²) >= 11 is 0. The maximum absolute atomic E-state index is 12.1. The Balaban J connectivity index is 1.68. The normalized spacial score (nSPS) is 30.0. The molecule has 0 spiro atoms. The summed E-state index contributed by atoms with van der Waals surface area (Å²) in [5.41, 5.74) is 0. The van der Waals surface area contributed by atoms with Crippen molar-refractivity contribution in [2.45, 2.75) is 70.2 Å². The first-order valence-corrected chi connectivity index (χ1v) is 8.67. The van der Waals surface area contributed by atoms with E-state index in [0.29, 0.717) is 13.2 Å². The number of carbonyl (C=O) groups excluding carboxylic acids is 1. The van der Waals surface area contributed by atoms with Crippen molar-refractivity contribution in [1.82, 2.24) is 15.5 Å². The summed E-state index contributed by atoms with van der Waals surface area (Å²) < 4.78 is 5.66. The highest BCUT2D eigenvalue weighted by Gasteiger charge is 2.35. The van der Waals surface area contributed by atoms with Crippen molar-refractivity contribution in [2.75, 3.05) is 19.7 Å². The SMILES string of the molecule is CCO[C@@H]1CCC[C@H]1NC(=O)NC1CC(N(CC)CC(=O)O)C1. The molecule has 7 nitrogen and oxygen atoms in total. The van der Waals surface area contributed by atoms with Crippen LogP contribution < -0.4 is 10.6 Å². The van der Waals surface area contributed by atoms with Gasteiger partial charge in [0.05, 0.1) is 18.7 Å². The summed E-state index contributed by atoms with van der Waals surface area (Å²) in [5, 5.41) is 14.9. The number of urea groups is 1. The standard InChI is InChI=1S/C16H29N3O4/c1-3-19(10-15(20)21)12-8-11(9-12)17-16(22)18-13-6-5-7-14(13)23-4-2/h11-14H,3-10H2,1-2H3,(H,20,21)(H2,17,18,22)/t11?,12?,13-,14-/m1/s1. The maximum atomic E-state index is 12.1. The lowest BCUT2D eigenvalue weighted by Gasteiger charge is -2.42.